The maximum absolute atomic E-state index is 0. The third-order valence-electron chi connectivity index (χ3n) is 0. The van der Waals surface area contributed by atoms with Crippen LogP contribution in [0, 0.1) is 0 Å². The molecule has 0 aliphatic heterocycles. The average molecular weight is 86.0 g/mol. The first-order valence-electron chi connectivity index (χ1n) is 0. The molecule has 0 atom stereocenters. The summed E-state index contributed by atoms with van der Waals surface area (Å²) in [6, 6.07) is 0. The molecule has 0 bridgehead atoms. The van der Waals surface area contributed by atoms with Gasteiger partial charge in [-0.05, 0) is 0 Å². The van der Waals surface area contributed by atoms with Gasteiger partial charge in [-0.15, -0.1) is 0 Å². The quantitative estimate of drug-likeness (QED) is 0.262. The van der Waals surface area contributed by atoms with Crippen molar-refractivity contribution < 1.29 is 67.7 Å². The summed E-state index contributed by atoms with van der Waals surface area (Å²) in [6.07, 6.45) is 0. The van der Waals surface area contributed by atoms with E-state index in [1.54, 1.807) is 0 Å². The van der Waals surface area contributed by atoms with Gasteiger partial charge in [0.2, 0.25) is 0 Å². The van der Waals surface area contributed by atoms with Crippen LogP contribution in [-0.2, 0) is 0 Å². The van der Waals surface area contributed by atoms with E-state index >= 15 is 0 Å². The van der Waals surface area contributed by atoms with Gasteiger partial charge in [0.05, 0.1) is 0 Å². The van der Waals surface area contributed by atoms with Gasteiger partial charge >= 0.3 is 48.4 Å². The molecule has 28 valence electrons. The van der Waals surface area contributed by atoms with Crippen molar-refractivity contribution in [3.8, 4) is 0 Å². The molecule has 0 fully saturated rings. The van der Waals surface area contributed by atoms with E-state index in [-0.39, 0.29) is 67.7 Å². The molecule has 0 spiro atoms. The van der Waals surface area contributed by atoms with Gasteiger partial charge < -0.3 is 19.3 Å². The van der Waals surface area contributed by atoms with Crippen molar-refractivity contribution in [3.05, 3.63) is 0 Å². The van der Waals surface area contributed by atoms with Gasteiger partial charge in [-0.25, -0.2) is 0 Å². The third-order valence-corrected chi connectivity index (χ3v) is 0. The molecular formula is H8LiNaO3. The van der Waals surface area contributed by atoms with Crippen LogP contribution in [0.25, 0.3) is 0 Å². The molecule has 0 heterocycles. The normalized spacial score (nSPS) is 0. The van der Waals surface area contributed by atoms with E-state index in [4.69, 9.17) is 0 Å². The zero-order chi connectivity index (χ0) is 0. The van der Waals surface area contributed by atoms with Crippen LogP contribution in [0.5, 0.6) is 0 Å². The van der Waals surface area contributed by atoms with Crippen molar-refractivity contribution >= 4 is 0 Å². The van der Waals surface area contributed by atoms with Gasteiger partial charge in [0.15, 0.2) is 0 Å². The number of hydrogen-bond donors (Lipinski definition) is 0. The van der Waals surface area contributed by atoms with Crippen LogP contribution in [0.1, 0.15) is 2.85 Å². The Labute approximate surface area is 67.5 Å². The molecule has 6 N–H and O–H groups in total. The molecule has 0 saturated carbocycles. The molecular weight excluding hydrogens is 77.9 g/mol. The van der Waals surface area contributed by atoms with E-state index in [1.807, 2.05) is 0 Å². The fraction of sp³-hybridized carbons (Fsp3) is 0. The zero-order valence-electron chi connectivity index (χ0n) is 5.50. The second kappa shape index (κ2) is 50.3. The Kier molecular flexibility index (Phi) is 896. The maximum Gasteiger partial charge on any atom is 1.00 e. The predicted molar refractivity (Wildman–Crippen MR) is 13.1 cm³/mol. The summed E-state index contributed by atoms with van der Waals surface area (Å²) in [5.74, 6) is 0. The minimum Gasteiger partial charge on any atom is -1.00 e. The molecule has 0 aromatic rings. The first-order chi connectivity index (χ1) is 0. The molecule has 0 aliphatic carbocycles. The molecule has 3 nitrogen and oxygen atoms in total. The molecule has 0 rings (SSSR count). The molecule has 5 heteroatoms. The van der Waals surface area contributed by atoms with E-state index in [9.17, 15) is 0 Å². The Morgan fingerprint density at radius 2 is 0.800 bits per heavy atom. The molecule has 5 heavy (non-hydrogen) atoms. The molecule has 0 aliphatic rings. The van der Waals surface area contributed by atoms with Gasteiger partial charge in [-0.2, -0.15) is 0 Å². The van der Waals surface area contributed by atoms with E-state index in [1.165, 1.54) is 0 Å². The Bertz CT molecular complexity index is 12.9. The van der Waals surface area contributed by atoms with E-state index in [0.717, 1.165) is 0 Å². The van der Waals surface area contributed by atoms with Crippen LogP contribution in [0.2, 0.25) is 0 Å². The van der Waals surface area contributed by atoms with Gasteiger partial charge in [0.1, 0.15) is 0 Å². The summed E-state index contributed by atoms with van der Waals surface area (Å²) in [4.78, 5) is 0. The monoisotopic (exact) mass is 86.1 g/mol. The van der Waals surface area contributed by atoms with Crippen molar-refractivity contribution in [3.63, 3.8) is 0 Å². The molecule has 0 aromatic carbocycles. The second-order valence-corrected chi connectivity index (χ2v) is 0. The van der Waals surface area contributed by atoms with Gasteiger partial charge in [0.25, 0.3) is 0 Å². The zero-order valence-corrected chi connectivity index (χ0v) is 5.50. The van der Waals surface area contributed by atoms with E-state index < -0.39 is 0 Å². The smallest absolute Gasteiger partial charge is 1.00 e. The van der Waals surface area contributed by atoms with Crippen LogP contribution in [-0.4, -0.2) is 16.4 Å². The fourth-order valence-corrected chi connectivity index (χ4v) is 0. The molecule has 0 aromatic heterocycles. The van der Waals surface area contributed by atoms with Crippen molar-refractivity contribution in [1.82, 2.24) is 0 Å². The van der Waals surface area contributed by atoms with E-state index in [2.05, 4.69) is 0 Å². The fourth-order valence-electron chi connectivity index (χ4n) is 0. The first kappa shape index (κ1) is 89.0. The number of hydrogen-bond acceptors (Lipinski definition) is 0. The minimum atomic E-state index is 0. The average Bonchev–Trinajstić information content (AvgIpc) is 0. The third kappa shape index (κ3) is 30.3. The maximum atomic E-state index is 0. The van der Waals surface area contributed by atoms with Gasteiger partial charge in [-0.1, -0.05) is 0 Å². The predicted octanol–water partition coefficient (Wildman–Crippen LogP) is -8.24. The van der Waals surface area contributed by atoms with Crippen molar-refractivity contribution in [2.75, 3.05) is 0 Å². The molecule has 0 unspecified atom stereocenters. The summed E-state index contributed by atoms with van der Waals surface area (Å²) in [7, 11) is 0. The summed E-state index contributed by atoms with van der Waals surface area (Å²) >= 11 is 0. The summed E-state index contributed by atoms with van der Waals surface area (Å²) in [5, 5.41) is 0. The second-order valence-electron chi connectivity index (χ2n) is 0. The molecule has 0 saturated heterocycles. The SMILES string of the molecule is O.O.O.[H-].[H-].[Li+].[Na+]. The van der Waals surface area contributed by atoms with Crippen molar-refractivity contribution in [2.45, 2.75) is 0 Å². The summed E-state index contributed by atoms with van der Waals surface area (Å²) in [5.41, 5.74) is 0. The van der Waals surface area contributed by atoms with Crippen molar-refractivity contribution in [1.29, 1.82) is 0 Å². The van der Waals surface area contributed by atoms with Crippen LogP contribution in [0.4, 0.5) is 0 Å². The topological polar surface area (TPSA) is 94.5 Å². The van der Waals surface area contributed by atoms with Crippen molar-refractivity contribution in [2.24, 2.45) is 0 Å². The standard InChI is InChI=1S/Li.Na.3H2O.2H/h;;3*1H2;;/q2*+1;;;;2*-1. The van der Waals surface area contributed by atoms with Crippen LogP contribution in [0.15, 0.2) is 0 Å². The Balaban J connectivity index is 0. The summed E-state index contributed by atoms with van der Waals surface area (Å²) < 4.78 is 0. The Hall–Kier alpha value is 1.48. The summed E-state index contributed by atoms with van der Waals surface area (Å²) in [6.45, 7) is 0. The molecule has 0 radical (unpaired) electrons. The Morgan fingerprint density at radius 3 is 0.800 bits per heavy atom. The van der Waals surface area contributed by atoms with Crippen LogP contribution in [0.3, 0.4) is 0 Å². The minimum absolute atomic E-state index is 0. The molecule has 0 amide bonds. The van der Waals surface area contributed by atoms with Crippen LogP contribution >= 0.6 is 0 Å². The Morgan fingerprint density at radius 1 is 0.800 bits per heavy atom. The number of rotatable bonds is 0. The van der Waals surface area contributed by atoms with E-state index in [0.29, 0.717) is 0 Å². The van der Waals surface area contributed by atoms with Gasteiger partial charge in [-0.3, -0.25) is 0 Å². The van der Waals surface area contributed by atoms with Gasteiger partial charge in [0, 0.05) is 0 Å². The van der Waals surface area contributed by atoms with Crippen LogP contribution < -0.4 is 48.4 Å². The largest absolute Gasteiger partial charge is 1.00 e. The first-order valence-corrected chi connectivity index (χ1v) is 0.